The van der Waals surface area contributed by atoms with E-state index < -0.39 is 11.8 Å². The second-order valence-electron chi connectivity index (χ2n) is 2.18. The van der Waals surface area contributed by atoms with Gasteiger partial charge in [0.25, 0.3) is 0 Å². The summed E-state index contributed by atoms with van der Waals surface area (Å²) in [5.41, 5.74) is 0.309. The van der Waals surface area contributed by atoms with Gasteiger partial charge in [-0.2, -0.15) is 4.39 Å². The molecule has 1 aromatic rings. The van der Waals surface area contributed by atoms with Crippen molar-refractivity contribution in [2.24, 2.45) is 0 Å². The maximum atomic E-state index is 11.7. The van der Waals surface area contributed by atoms with Crippen molar-refractivity contribution in [2.45, 2.75) is 0 Å². The fourth-order valence-electron chi connectivity index (χ4n) is 0.789. The molecule has 1 rings (SSSR count). The highest BCUT2D eigenvalue weighted by Gasteiger charge is 1.92. The van der Waals surface area contributed by atoms with Crippen LogP contribution >= 0.6 is 0 Å². The number of carbonyl (C=O) groups is 1. The minimum Gasteiger partial charge on any atom is -0.872 e. The molecule has 0 radical (unpaired) electrons. The number of benzene rings is 1. The van der Waals surface area contributed by atoms with E-state index in [4.69, 9.17) is 0 Å². The van der Waals surface area contributed by atoms with Gasteiger partial charge < -0.3 is 5.11 Å². The van der Waals surface area contributed by atoms with Crippen LogP contribution < -0.4 is 5.11 Å². The van der Waals surface area contributed by atoms with Gasteiger partial charge in [-0.05, 0) is 5.56 Å². The van der Waals surface area contributed by atoms with Gasteiger partial charge in [-0.3, -0.25) is 4.79 Å². The highest BCUT2D eigenvalue weighted by Crippen LogP contribution is 2.06. The molecule has 0 saturated heterocycles. The largest absolute Gasteiger partial charge is 0.872 e. The first-order chi connectivity index (χ1) is 5.70. The minimum atomic E-state index is -1.72. The summed E-state index contributed by atoms with van der Waals surface area (Å²) in [5, 5.41) is 10.9. The topological polar surface area (TPSA) is 40.1 Å². The molecule has 0 aliphatic carbocycles. The molecule has 62 valence electrons. The molecule has 0 saturated carbocycles. The van der Waals surface area contributed by atoms with Gasteiger partial charge in [0.2, 0.25) is 0 Å². The number of carbonyl (C=O) groups excluding carboxylic acids is 1. The molecule has 0 aliphatic heterocycles. The van der Waals surface area contributed by atoms with Crippen LogP contribution in [0.2, 0.25) is 0 Å². The lowest BCUT2D eigenvalue weighted by Crippen LogP contribution is -2.03. The summed E-state index contributed by atoms with van der Waals surface area (Å²) in [4.78, 5) is 9.88. The van der Waals surface area contributed by atoms with Gasteiger partial charge in [0.05, 0.1) is 0 Å². The van der Waals surface area contributed by atoms with Gasteiger partial charge in [0.1, 0.15) is 0 Å². The monoisotopic (exact) mass is 165 g/mol. The highest BCUT2D eigenvalue weighted by molar-refractivity contribution is 5.87. The molecule has 3 heteroatoms. The maximum absolute atomic E-state index is 11.7. The predicted octanol–water partition coefficient (Wildman–Crippen LogP) is 0.884. The van der Waals surface area contributed by atoms with E-state index >= 15 is 0 Å². The lowest BCUT2D eigenvalue weighted by Gasteiger charge is -2.09. The SMILES string of the molecule is O=C(F)/C=C(\[O-])c1ccccc1. The lowest BCUT2D eigenvalue weighted by atomic mass is 10.2. The Bertz CT molecular complexity index is 304. The predicted molar refractivity (Wildman–Crippen MR) is 40.5 cm³/mol. The molecule has 0 aliphatic rings. The molecule has 0 N–H and O–H groups in total. The molecule has 0 spiro atoms. The number of hydrogen-bond donors (Lipinski definition) is 0. The zero-order valence-corrected chi connectivity index (χ0v) is 6.16. The fraction of sp³-hybridized carbons (Fsp3) is 0. The first-order valence-electron chi connectivity index (χ1n) is 3.34. The summed E-state index contributed by atoms with van der Waals surface area (Å²) in [7, 11) is 0. The van der Waals surface area contributed by atoms with E-state index in [1.165, 1.54) is 12.1 Å². The van der Waals surface area contributed by atoms with Crippen molar-refractivity contribution in [2.75, 3.05) is 0 Å². The molecule has 0 unspecified atom stereocenters. The molecular formula is C9H6FO2-. The van der Waals surface area contributed by atoms with Gasteiger partial charge in [0.15, 0.2) is 0 Å². The zero-order valence-electron chi connectivity index (χ0n) is 6.16. The third-order valence-corrected chi connectivity index (χ3v) is 1.30. The van der Waals surface area contributed by atoms with Crippen molar-refractivity contribution in [3.05, 3.63) is 42.0 Å². The Kier molecular flexibility index (Phi) is 2.58. The van der Waals surface area contributed by atoms with Crippen LogP contribution in [0.3, 0.4) is 0 Å². The minimum absolute atomic E-state index is 0.309. The second-order valence-corrected chi connectivity index (χ2v) is 2.18. The molecule has 0 atom stereocenters. The summed E-state index contributed by atoms with van der Waals surface area (Å²) >= 11 is 0. The molecule has 0 aromatic heterocycles. The maximum Gasteiger partial charge on any atom is 0.324 e. The number of rotatable bonds is 2. The van der Waals surface area contributed by atoms with E-state index in [-0.39, 0.29) is 0 Å². The van der Waals surface area contributed by atoms with Crippen LogP contribution in [0.5, 0.6) is 0 Å². The van der Waals surface area contributed by atoms with Crippen LogP contribution in [0.4, 0.5) is 4.39 Å². The van der Waals surface area contributed by atoms with E-state index in [1.807, 2.05) is 0 Å². The molecule has 12 heavy (non-hydrogen) atoms. The Morgan fingerprint density at radius 3 is 2.42 bits per heavy atom. The molecule has 0 amide bonds. The second kappa shape index (κ2) is 3.67. The molecule has 0 bridgehead atoms. The Hall–Kier alpha value is -1.64. The van der Waals surface area contributed by atoms with Gasteiger partial charge >= 0.3 is 6.04 Å². The van der Waals surface area contributed by atoms with E-state index in [1.54, 1.807) is 18.2 Å². The average molecular weight is 165 g/mol. The zero-order chi connectivity index (χ0) is 8.97. The van der Waals surface area contributed by atoms with Crippen LogP contribution in [0, 0.1) is 0 Å². The van der Waals surface area contributed by atoms with E-state index in [9.17, 15) is 14.3 Å². The first kappa shape index (κ1) is 8.46. The van der Waals surface area contributed by atoms with Crippen LogP contribution in [0.15, 0.2) is 36.4 Å². The summed E-state index contributed by atoms with van der Waals surface area (Å²) in [6.45, 7) is 0. The number of halogens is 1. The summed E-state index contributed by atoms with van der Waals surface area (Å²) in [5.74, 6) is -0.608. The van der Waals surface area contributed by atoms with Crippen LogP contribution in [-0.2, 0) is 4.79 Å². The third-order valence-electron chi connectivity index (χ3n) is 1.30. The van der Waals surface area contributed by atoms with E-state index in [0.717, 1.165) is 0 Å². The quantitative estimate of drug-likeness (QED) is 0.371. The van der Waals surface area contributed by atoms with Gasteiger partial charge in [0, 0.05) is 6.08 Å². The van der Waals surface area contributed by atoms with Crippen LogP contribution in [0.25, 0.3) is 5.76 Å². The summed E-state index contributed by atoms with van der Waals surface area (Å²) in [6, 6.07) is 6.33. The van der Waals surface area contributed by atoms with Crippen molar-refractivity contribution in [3.8, 4) is 0 Å². The summed E-state index contributed by atoms with van der Waals surface area (Å²) < 4.78 is 11.7. The number of allylic oxidation sites excluding steroid dienone is 1. The average Bonchev–Trinajstić information content (AvgIpc) is 2.05. The van der Waals surface area contributed by atoms with Crippen molar-refractivity contribution >= 4 is 11.8 Å². The Morgan fingerprint density at radius 1 is 1.33 bits per heavy atom. The highest BCUT2D eigenvalue weighted by atomic mass is 19.1. The molecule has 1 aromatic carbocycles. The smallest absolute Gasteiger partial charge is 0.324 e. The molecular weight excluding hydrogens is 159 g/mol. The Balaban J connectivity index is 2.93. The van der Waals surface area contributed by atoms with Crippen molar-refractivity contribution in [3.63, 3.8) is 0 Å². The van der Waals surface area contributed by atoms with E-state index in [2.05, 4.69) is 0 Å². The number of hydrogen-bond acceptors (Lipinski definition) is 2. The Labute approximate surface area is 69.0 Å². The van der Waals surface area contributed by atoms with Crippen LogP contribution in [0.1, 0.15) is 5.56 Å². The van der Waals surface area contributed by atoms with Gasteiger partial charge in [-0.25, -0.2) is 0 Å². The van der Waals surface area contributed by atoms with Gasteiger partial charge in [-0.15, -0.1) is 0 Å². The molecule has 2 nitrogen and oxygen atoms in total. The fourth-order valence-corrected chi connectivity index (χ4v) is 0.789. The Morgan fingerprint density at radius 2 is 1.92 bits per heavy atom. The van der Waals surface area contributed by atoms with Crippen molar-refractivity contribution < 1.29 is 14.3 Å². The standard InChI is InChI=1S/C9H7FO2/c10-9(12)6-8(11)7-4-2-1-3-5-7/h1-6,11H/p-1/b8-6-. The molecule has 0 fully saturated rings. The normalized spacial score (nSPS) is 11.2. The molecule has 0 heterocycles. The van der Waals surface area contributed by atoms with Crippen molar-refractivity contribution in [1.29, 1.82) is 0 Å². The van der Waals surface area contributed by atoms with Crippen molar-refractivity contribution in [1.82, 2.24) is 0 Å². The van der Waals surface area contributed by atoms with E-state index in [0.29, 0.717) is 11.6 Å². The first-order valence-corrected chi connectivity index (χ1v) is 3.34. The third kappa shape index (κ3) is 2.20. The van der Waals surface area contributed by atoms with Gasteiger partial charge in [-0.1, -0.05) is 36.1 Å². The lowest BCUT2D eigenvalue weighted by molar-refractivity contribution is -0.244. The summed E-state index contributed by atoms with van der Waals surface area (Å²) in [6.07, 6.45) is 0.426. The van der Waals surface area contributed by atoms with Crippen LogP contribution in [-0.4, -0.2) is 6.04 Å².